The number of benzene rings is 2. The molecule has 16 heteroatoms. The molecule has 5 nitrogen and oxygen atoms in total. The van der Waals surface area contributed by atoms with E-state index in [-0.39, 0.29) is 37.8 Å². The van der Waals surface area contributed by atoms with Crippen molar-refractivity contribution in [1.29, 1.82) is 0 Å². The Balaban J connectivity index is 1.99. The highest BCUT2D eigenvalue weighted by atomic mass is 35.5. The largest absolute Gasteiger partial charge is 0.477 e. The van der Waals surface area contributed by atoms with Crippen LogP contribution in [0.25, 0.3) is 5.83 Å². The van der Waals surface area contributed by atoms with Gasteiger partial charge in [0.05, 0.1) is 31.9 Å². The van der Waals surface area contributed by atoms with E-state index in [0.717, 1.165) is 23.5 Å². The summed E-state index contributed by atoms with van der Waals surface area (Å²) < 4.78 is 97.8. The fourth-order valence-corrected chi connectivity index (χ4v) is 4.90. The number of anilines is 1. The predicted molar refractivity (Wildman–Crippen MR) is 138 cm³/mol. The number of carbonyl (C=O) groups excluding carboxylic acids is 1. The second-order valence-electron chi connectivity index (χ2n) is 8.10. The van der Waals surface area contributed by atoms with Crippen molar-refractivity contribution in [2.24, 2.45) is 0 Å². The van der Waals surface area contributed by atoms with Gasteiger partial charge in [0.2, 0.25) is 0 Å². The van der Waals surface area contributed by atoms with Crippen LogP contribution in [0.15, 0.2) is 41.8 Å². The second-order valence-corrected chi connectivity index (χ2v) is 10.2. The van der Waals surface area contributed by atoms with Gasteiger partial charge in [0.25, 0.3) is 5.91 Å². The monoisotopic (exact) mass is 648 g/mol. The van der Waals surface area contributed by atoms with Crippen LogP contribution in [0, 0.1) is 6.92 Å². The number of allylic oxidation sites excluding steroid dienone is 1. The number of alkyl halides is 6. The third-order valence-corrected chi connectivity index (χ3v) is 7.63. The van der Waals surface area contributed by atoms with E-state index in [1.807, 2.05) is 5.43 Å². The quantitative estimate of drug-likeness (QED) is 0.136. The van der Waals surface area contributed by atoms with Crippen molar-refractivity contribution < 1.29 is 45.4 Å². The number of thiophene rings is 1. The maximum absolute atomic E-state index is 15.0. The van der Waals surface area contributed by atoms with Gasteiger partial charge < -0.3 is 5.11 Å². The summed E-state index contributed by atoms with van der Waals surface area (Å²) in [7, 11) is 0. The first-order valence-electron chi connectivity index (χ1n) is 10.6. The molecular formula is C24H14Cl3F7N2O3S. The Kier molecular flexibility index (Phi) is 9.34. The number of hydrazine groups is 1. The highest BCUT2D eigenvalue weighted by Gasteiger charge is 2.41. The van der Waals surface area contributed by atoms with Crippen molar-refractivity contribution in [3.63, 3.8) is 0 Å². The lowest BCUT2D eigenvalue weighted by atomic mass is 9.95. The van der Waals surface area contributed by atoms with Crippen LogP contribution in [0.4, 0.5) is 36.4 Å². The lowest BCUT2D eigenvalue weighted by Gasteiger charge is -2.19. The van der Waals surface area contributed by atoms with Crippen molar-refractivity contribution in [3.8, 4) is 0 Å². The summed E-state index contributed by atoms with van der Waals surface area (Å²) in [5.41, 5.74) is 0.324. The normalized spacial score (nSPS) is 13.2. The van der Waals surface area contributed by atoms with E-state index >= 15 is 4.39 Å². The predicted octanol–water partition coefficient (Wildman–Crippen LogP) is 9.15. The van der Waals surface area contributed by atoms with E-state index in [4.69, 9.17) is 34.8 Å². The molecule has 1 atom stereocenters. The fraction of sp³-hybridized carbons (Fsp3) is 0.167. The van der Waals surface area contributed by atoms with Gasteiger partial charge in [0, 0.05) is 5.56 Å². The second kappa shape index (κ2) is 11.9. The Bertz CT molecular complexity index is 1480. The number of aryl methyl sites for hydroxylation is 1. The molecule has 3 N–H and O–H groups in total. The first-order valence-corrected chi connectivity index (χ1v) is 12.6. The zero-order chi connectivity index (χ0) is 30.2. The lowest BCUT2D eigenvalue weighted by Crippen LogP contribution is -2.32. The van der Waals surface area contributed by atoms with Crippen LogP contribution in [0.5, 0.6) is 0 Å². The molecule has 0 aliphatic carbocycles. The molecule has 2 aromatic carbocycles. The maximum atomic E-state index is 15.0. The average Bonchev–Trinajstić information content (AvgIpc) is 3.22. The van der Waals surface area contributed by atoms with Gasteiger partial charge in [-0.25, -0.2) is 9.18 Å². The number of nitrogens with one attached hydrogen (secondary N) is 2. The van der Waals surface area contributed by atoms with Crippen LogP contribution in [-0.2, 0) is 6.18 Å². The number of rotatable bonds is 7. The van der Waals surface area contributed by atoms with Gasteiger partial charge in [-0.05, 0) is 53.8 Å². The highest BCUT2D eigenvalue weighted by Crippen LogP contribution is 2.43. The zero-order valence-corrected chi connectivity index (χ0v) is 22.7. The van der Waals surface area contributed by atoms with Gasteiger partial charge in [-0.3, -0.25) is 15.6 Å². The molecule has 0 aliphatic rings. The number of carboxylic acids is 1. The van der Waals surface area contributed by atoms with E-state index < -0.39 is 58.2 Å². The summed E-state index contributed by atoms with van der Waals surface area (Å²) in [6.45, 7) is 1.49. The van der Waals surface area contributed by atoms with Gasteiger partial charge in [-0.15, -0.1) is 11.3 Å². The molecule has 3 rings (SSSR count). The smallest absolute Gasteiger partial charge is 0.417 e. The Morgan fingerprint density at radius 1 is 1.02 bits per heavy atom. The molecule has 1 unspecified atom stereocenters. The van der Waals surface area contributed by atoms with E-state index in [9.17, 15) is 41.0 Å². The average molecular weight is 650 g/mol. The van der Waals surface area contributed by atoms with Crippen LogP contribution in [-0.4, -0.2) is 23.2 Å². The Morgan fingerprint density at radius 3 is 2.15 bits per heavy atom. The standard InChI is InChI=1S/C24H14Cl3F7N2O3S/c1-9-8-40-20(22(38)39)19(9)35-36-21(37)12-3-2-10(4-14(12)24(32,33)34)17(28)7-13(23(29,30)31)11-5-15(25)18(27)16(26)6-11/h2-8,13,35H,1H3,(H,36,37)(H,38,39)/b17-7-. The minimum absolute atomic E-state index is 0.0411. The molecule has 214 valence electrons. The van der Waals surface area contributed by atoms with E-state index in [2.05, 4.69) is 5.43 Å². The van der Waals surface area contributed by atoms with Crippen LogP contribution in [0.2, 0.25) is 15.1 Å². The molecule has 0 aliphatic heterocycles. The van der Waals surface area contributed by atoms with E-state index in [0.29, 0.717) is 17.7 Å². The molecule has 0 saturated carbocycles. The third kappa shape index (κ3) is 7.00. The highest BCUT2D eigenvalue weighted by molar-refractivity contribution is 7.12. The Labute approximate surface area is 240 Å². The summed E-state index contributed by atoms with van der Waals surface area (Å²) in [5.74, 6) is -7.07. The van der Waals surface area contributed by atoms with Crippen molar-refractivity contribution in [1.82, 2.24) is 5.43 Å². The molecule has 0 fully saturated rings. The third-order valence-electron chi connectivity index (χ3n) is 5.35. The number of hydrogen-bond acceptors (Lipinski definition) is 4. The van der Waals surface area contributed by atoms with Crippen molar-refractivity contribution in [2.75, 3.05) is 5.43 Å². The van der Waals surface area contributed by atoms with Gasteiger partial charge in [0.15, 0.2) is 0 Å². The minimum Gasteiger partial charge on any atom is -0.477 e. The molecular weight excluding hydrogens is 636 g/mol. The summed E-state index contributed by atoms with van der Waals surface area (Å²) in [5, 5.41) is 9.67. The summed E-state index contributed by atoms with van der Waals surface area (Å²) in [6, 6.07) is 3.02. The summed E-state index contributed by atoms with van der Waals surface area (Å²) in [6.07, 6.45) is -10.3. The zero-order valence-electron chi connectivity index (χ0n) is 19.6. The van der Waals surface area contributed by atoms with Crippen LogP contribution < -0.4 is 10.9 Å². The van der Waals surface area contributed by atoms with Crippen LogP contribution in [0.3, 0.4) is 0 Å². The van der Waals surface area contributed by atoms with Gasteiger partial charge in [-0.1, -0.05) is 40.9 Å². The molecule has 1 heterocycles. The molecule has 0 bridgehead atoms. The summed E-state index contributed by atoms with van der Waals surface area (Å²) in [4.78, 5) is 23.6. The topological polar surface area (TPSA) is 78.4 Å². The van der Waals surface area contributed by atoms with E-state index in [1.54, 1.807) is 0 Å². The van der Waals surface area contributed by atoms with Crippen LogP contribution >= 0.6 is 46.1 Å². The van der Waals surface area contributed by atoms with Crippen LogP contribution in [0.1, 0.15) is 48.2 Å². The number of hydrogen-bond donors (Lipinski definition) is 3. The first-order chi connectivity index (χ1) is 18.4. The van der Waals surface area contributed by atoms with Crippen molar-refractivity contribution >= 4 is 69.5 Å². The molecule has 0 spiro atoms. The minimum atomic E-state index is -5.23. The Hall–Kier alpha value is -3.00. The number of aromatic carboxylic acids is 1. The maximum Gasteiger partial charge on any atom is 0.417 e. The van der Waals surface area contributed by atoms with Gasteiger partial charge >= 0.3 is 18.3 Å². The molecule has 40 heavy (non-hydrogen) atoms. The number of amides is 1. The number of carboxylic acid groups (broad SMARTS) is 1. The van der Waals surface area contributed by atoms with Crippen molar-refractivity contribution in [2.45, 2.75) is 25.2 Å². The van der Waals surface area contributed by atoms with Crippen molar-refractivity contribution in [3.05, 3.63) is 89.6 Å². The first kappa shape index (κ1) is 31.5. The van der Waals surface area contributed by atoms with Gasteiger partial charge in [-0.2, -0.15) is 26.3 Å². The molecule has 0 radical (unpaired) electrons. The summed E-state index contributed by atoms with van der Waals surface area (Å²) >= 11 is 18.1. The molecule has 3 aromatic rings. The SMILES string of the molecule is Cc1csc(C(=O)O)c1NNC(=O)c1ccc(/C(F)=C/C(c2cc(Cl)c(Cl)c(Cl)c2)C(F)(F)F)cc1C(F)(F)F. The molecule has 1 amide bonds. The lowest BCUT2D eigenvalue weighted by molar-refractivity contribution is -0.140. The number of halogens is 10. The van der Waals surface area contributed by atoms with E-state index in [1.165, 1.54) is 12.3 Å². The molecule has 1 aromatic heterocycles. The van der Waals surface area contributed by atoms with Gasteiger partial charge in [0.1, 0.15) is 16.6 Å². The fourth-order valence-electron chi connectivity index (χ4n) is 3.45. The Morgan fingerprint density at radius 2 is 1.62 bits per heavy atom. The molecule has 0 saturated heterocycles. The number of carbonyl (C=O) groups is 2.